The van der Waals surface area contributed by atoms with E-state index in [-0.39, 0.29) is 18.4 Å². The Hall–Kier alpha value is -3.11. The second kappa shape index (κ2) is 9.03. The number of fused-ring (bicyclic) bond motifs is 1. The maximum atomic E-state index is 10.5. The van der Waals surface area contributed by atoms with E-state index in [4.69, 9.17) is 15.0 Å². The number of aliphatic hydroxyl groups is 1. The van der Waals surface area contributed by atoms with Gasteiger partial charge in [0, 0.05) is 30.5 Å². The molecule has 0 aromatic carbocycles. The Morgan fingerprint density at radius 3 is 2.76 bits per heavy atom. The molecule has 2 atom stereocenters. The van der Waals surface area contributed by atoms with Crippen molar-refractivity contribution in [1.82, 2.24) is 14.6 Å². The van der Waals surface area contributed by atoms with Crippen LogP contribution in [0.15, 0.2) is 42.9 Å². The molecule has 0 bridgehead atoms. The van der Waals surface area contributed by atoms with Crippen molar-refractivity contribution in [3.05, 3.63) is 42.9 Å². The fourth-order valence-electron chi connectivity index (χ4n) is 4.73. The van der Waals surface area contributed by atoms with Crippen LogP contribution in [0.5, 0.6) is 5.75 Å². The fraction of sp³-hybridized carbons (Fsp3) is 0.500. The Bertz CT molecular complexity index is 1160. The minimum Gasteiger partial charge on any atom is -0.490 e. The summed E-state index contributed by atoms with van der Waals surface area (Å²) in [7, 11) is 0. The minimum absolute atomic E-state index is 0.00353. The lowest BCUT2D eigenvalue weighted by Gasteiger charge is -2.44. The van der Waals surface area contributed by atoms with Crippen LogP contribution in [0.25, 0.3) is 16.6 Å². The summed E-state index contributed by atoms with van der Waals surface area (Å²) in [6, 6.07) is 10.3. The molecule has 1 aliphatic heterocycles. The van der Waals surface area contributed by atoms with Gasteiger partial charge in [-0.2, -0.15) is 10.4 Å². The summed E-state index contributed by atoms with van der Waals surface area (Å²) in [5.74, 6) is 1.58. The number of ether oxygens (including phenoxy) is 1. The zero-order chi connectivity index (χ0) is 23.6. The van der Waals surface area contributed by atoms with Crippen LogP contribution in [0, 0.1) is 16.7 Å². The third-order valence-electron chi connectivity index (χ3n) is 6.37. The number of aromatic nitrogens is 3. The van der Waals surface area contributed by atoms with E-state index < -0.39 is 5.60 Å². The van der Waals surface area contributed by atoms with Gasteiger partial charge in [0.2, 0.25) is 0 Å². The predicted molar refractivity (Wildman–Crippen MR) is 129 cm³/mol. The number of pyridine rings is 2. The summed E-state index contributed by atoms with van der Waals surface area (Å²) in [5.41, 5.74) is 1.66. The van der Waals surface area contributed by atoms with Crippen LogP contribution in [-0.4, -0.2) is 44.5 Å². The molecular weight excluding hydrogens is 414 g/mol. The van der Waals surface area contributed by atoms with E-state index in [0.29, 0.717) is 11.8 Å². The van der Waals surface area contributed by atoms with Gasteiger partial charge in [0.25, 0.3) is 0 Å². The molecule has 0 saturated carbocycles. The molecule has 7 nitrogen and oxygen atoms in total. The Balaban J connectivity index is 1.83. The standard InChI is InChI=1S/C26H33N5O2/c1-25(2,3)22-9-5-6-16-30(22)24-19(8-7-14-28-24)23-20-10-15-29-31(20)17-11-21(23)33-18-26(4,32)12-13-27/h7-8,10-11,14-15,17,22,32H,5-6,9,12,16,18H2,1-4H3. The molecule has 1 aliphatic rings. The number of nitriles is 1. The lowest BCUT2D eigenvalue weighted by atomic mass is 9.80. The first-order valence-corrected chi connectivity index (χ1v) is 11.6. The van der Waals surface area contributed by atoms with Crippen molar-refractivity contribution in [3.8, 4) is 22.9 Å². The smallest absolute Gasteiger partial charge is 0.136 e. The van der Waals surface area contributed by atoms with E-state index in [2.05, 4.69) is 36.8 Å². The molecule has 4 rings (SSSR count). The van der Waals surface area contributed by atoms with Crippen LogP contribution in [-0.2, 0) is 0 Å². The largest absolute Gasteiger partial charge is 0.490 e. The van der Waals surface area contributed by atoms with Crippen molar-refractivity contribution in [2.24, 2.45) is 5.41 Å². The van der Waals surface area contributed by atoms with Crippen LogP contribution in [0.4, 0.5) is 5.82 Å². The molecule has 0 spiro atoms. The molecular formula is C26H33N5O2. The highest BCUT2D eigenvalue weighted by Crippen LogP contribution is 2.42. The van der Waals surface area contributed by atoms with E-state index >= 15 is 0 Å². The van der Waals surface area contributed by atoms with Crippen LogP contribution in [0.1, 0.15) is 53.4 Å². The van der Waals surface area contributed by atoms with Gasteiger partial charge < -0.3 is 14.7 Å². The zero-order valence-electron chi connectivity index (χ0n) is 20.0. The predicted octanol–water partition coefficient (Wildman–Crippen LogP) is 4.84. The lowest BCUT2D eigenvalue weighted by Crippen LogP contribution is -2.47. The number of hydrogen-bond donors (Lipinski definition) is 1. The normalized spacial score (nSPS) is 18.7. The van der Waals surface area contributed by atoms with Crippen molar-refractivity contribution in [1.29, 1.82) is 5.26 Å². The topological polar surface area (TPSA) is 86.7 Å². The van der Waals surface area contributed by atoms with Gasteiger partial charge in [0.15, 0.2) is 0 Å². The number of nitrogens with zero attached hydrogens (tertiary/aromatic N) is 5. The van der Waals surface area contributed by atoms with Gasteiger partial charge in [-0.3, -0.25) is 0 Å². The number of anilines is 1. The maximum absolute atomic E-state index is 10.5. The summed E-state index contributed by atoms with van der Waals surface area (Å²) in [6.45, 7) is 9.47. The van der Waals surface area contributed by atoms with Crippen molar-refractivity contribution < 1.29 is 9.84 Å². The van der Waals surface area contributed by atoms with Gasteiger partial charge in [0.1, 0.15) is 23.8 Å². The summed E-state index contributed by atoms with van der Waals surface area (Å²) >= 11 is 0. The molecule has 2 unspecified atom stereocenters. The van der Waals surface area contributed by atoms with Crippen LogP contribution >= 0.6 is 0 Å². The van der Waals surface area contributed by atoms with Crippen molar-refractivity contribution >= 4 is 11.3 Å². The Kier molecular flexibility index (Phi) is 6.31. The summed E-state index contributed by atoms with van der Waals surface area (Å²) in [5, 5.41) is 23.9. The molecule has 1 saturated heterocycles. The Morgan fingerprint density at radius 2 is 2.00 bits per heavy atom. The third-order valence-corrected chi connectivity index (χ3v) is 6.37. The summed E-state index contributed by atoms with van der Waals surface area (Å²) in [6.07, 6.45) is 8.96. The number of rotatable bonds is 6. The van der Waals surface area contributed by atoms with Gasteiger partial charge in [-0.25, -0.2) is 9.50 Å². The maximum Gasteiger partial charge on any atom is 0.136 e. The quantitative estimate of drug-likeness (QED) is 0.582. The fourth-order valence-corrected chi connectivity index (χ4v) is 4.73. The lowest BCUT2D eigenvalue weighted by molar-refractivity contribution is 0.0159. The average molecular weight is 448 g/mol. The summed E-state index contributed by atoms with van der Waals surface area (Å²) in [4.78, 5) is 7.31. The van der Waals surface area contributed by atoms with Gasteiger partial charge in [-0.05, 0) is 55.9 Å². The first-order chi connectivity index (χ1) is 15.7. The van der Waals surface area contributed by atoms with E-state index in [1.807, 2.05) is 41.2 Å². The monoisotopic (exact) mass is 447 g/mol. The zero-order valence-corrected chi connectivity index (χ0v) is 20.0. The van der Waals surface area contributed by atoms with E-state index in [9.17, 15) is 5.11 Å². The van der Waals surface area contributed by atoms with Crippen molar-refractivity contribution in [2.75, 3.05) is 18.1 Å². The second-order valence-corrected chi connectivity index (χ2v) is 10.3. The minimum atomic E-state index is -1.24. The van der Waals surface area contributed by atoms with Crippen molar-refractivity contribution in [3.63, 3.8) is 0 Å². The van der Waals surface area contributed by atoms with Crippen LogP contribution in [0.2, 0.25) is 0 Å². The highest BCUT2D eigenvalue weighted by molar-refractivity contribution is 5.90. The van der Waals surface area contributed by atoms with Crippen molar-refractivity contribution in [2.45, 2.75) is 65.0 Å². The highest BCUT2D eigenvalue weighted by atomic mass is 16.5. The summed E-state index contributed by atoms with van der Waals surface area (Å²) < 4.78 is 7.96. The van der Waals surface area contributed by atoms with E-state index in [0.717, 1.165) is 41.8 Å². The number of piperidine rings is 1. The molecule has 0 amide bonds. The first-order valence-electron chi connectivity index (χ1n) is 11.6. The molecule has 1 fully saturated rings. The Morgan fingerprint density at radius 1 is 1.18 bits per heavy atom. The SMILES string of the molecule is CC(O)(CC#N)COc1ccn2nccc2c1-c1cccnc1N1CCCCC1C(C)(C)C. The second-order valence-electron chi connectivity index (χ2n) is 10.3. The first kappa shape index (κ1) is 23.1. The molecule has 3 aromatic rings. The van der Waals surface area contributed by atoms with Gasteiger partial charge in [-0.1, -0.05) is 20.8 Å². The van der Waals surface area contributed by atoms with Crippen LogP contribution < -0.4 is 9.64 Å². The molecule has 4 heterocycles. The molecule has 1 N–H and O–H groups in total. The van der Waals surface area contributed by atoms with Gasteiger partial charge >= 0.3 is 0 Å². The van der Waals surface area contributed by atoms with Gasteiger partial charge in [0.05, 0.1) is 29.8 Å². The Labute approximate surface area is 195 Å². The highest BCUT2D eigenvalue weighted by Gasteiger charge is 2.35. The number of hydrogen-bond acceptors (Lipinski definition) is 6. The molecule has 33 heavy (non-hydrogen) atoms. The molecule has 0 aliphatic carbocycles. The molecule has 3 aromatic heterocycles. The van der Waals surface area contributed by atoms with Gasteiger partial charge in [-0.15, -0.1) is 0 Å². The molecule has 174 valence electrons. The molecule has 0 radical (unpaired) electrons. The third kappa shape index (κ3) is 4.81. The average Bonchev–Trinajstić information content (AvgIpc) is 3.26. The van der Waals surface area contributed by atoms with Crippen LogP contribution in [0.3, 0.4) is 0 Å². The van der Waals surface area contributed by atoms with E-state index in [1.54, 1.807) is 13.1 Å². The van der Waals surface area contributed by atoms with E-state index in [1.165, 1.54) is 6.42 Å². The molecule has 7 heteroatoms.